The highest BCUT2D eigenvalue weighted by atomic mass is 32.2. The summed E-state index contributed by atoms with van der Waals surface area (Å²) in [4.78, 5) is 0. The Labute approximate surface area is 79.4 Å². The van der Waals surface area contributed by atoms with Gasteiger partial charge in [0.1, 0.15) is 0 Å². The van der Waals surface area contributed by atoms with Crippen molar-refractivity contribution in [3.63, 3.8) is 0 Å². The first-order chi connectivity index (χ1) is 5.87. The number of sulfonamides is 1. The van der Waals surface area contributed by atoms with Crippen molar-refractivity contribution in [3.05, 3.63) is 0 Å². The molecule has 0 aliphatic heterocycles. The molecule has 0 heterocycles. The lowest BCUT2D eigenvalue weighted by Crippen LogP contribution is -2.45. The number of hydrogen-bond donors (Lipinski definition) is 2. The van der Waals surface area contributed by atoms with Gasteiger partial charge >= 0.3 is 0 Å². The van der Waals surface area contributed by atoms with Gasteiger partial charge in [0, 0.05) is 12.1 Å². The second-order valence-corrected chi connectivity index (χ2v) is 6.16. The van der Waals surface area contributed by atoms with E-state index in [0.717, 1.165) is 12.8 Å². The summed E-state index contributed by atoms with van der Waals surface area (Å²) in [5.74, 6) is 0. The van der Waals surface area contributed by atoms with Crippen molar-refractivity contribution < 1.29 is 13.5 Å². The molecule has 1 aliphatic carbocycles. The third-order valence-electron chi connectivity index (χ3n) is 2.12. The molecule has 1 rings (SSSR count). The Hall–Kier alpha value is -0.130. The maximum absolute atomic E-state index is 11.5. The SMILES string of the molecule is CC(C)(CCO)NS(=O)(=O)C1CC1. The molecule has 0 amide bonds. The number of hydrogen-bond acceptors (Lipinski definition) is 3. The zero-order chi connectivity index (χ0) is 10.1. The molecule has 0 aromatic heterocycles. The monoisotopic (exact) mass is 207 g/mol. The van der Waals surface area contributed by atoms with E-state index < -0.39 is 15.6 Å². The molecule has 0 atom stereocenters. The Morgan fingerprint density at radius 3 is 2.38 bits per heavy atom. The molecule has 0 radical (unpaired) electrons. The van der Waals surface area contributed by atoms with E-state index in [4.69, 9.17) is 5.11 Å². The highest BCUT2D eigenvalue weighted by Crippen LogP contribution is 2.28. The Morgan fingerprint density at radius 1 is 1.46 bits per heavy atom. The predicted molar refractivity (Wildman–Crippen MR) is 50.9 cm³/mol. The van der Waals surface area contributed by atoms with E-state index in [1.54, 1.807) is 13.8 Å². The molecule has 0 aromatic rings. The first kappa shape index (κ1) is 10.9. The highest BCUT2D eigenvalue weighted by Gasteiger charge is 2.38. The lowest BCUT2D eigenvalue weighted by molar-refractivity contribution is 0.245. The summed E-state index contributed by atoms with van der Waals surface area (Å²) in [5, 5.41) is 8.53. The summed E-state index contributed by atoms with van der Waals surface area (Å²) in [6, 6.07) is 0. The summed E-state index contributed by atoms with van der Waals surface area (Å²) in [5.41, 5.74) is -0.532. The number of nitrogens with one attached hydrogen (secondary N) is 1. The van der Waals surface area contributed by atoms with Crippen molar-refractivity contribution in [2.24, 2.45) is 0 Å². The van der Waals surface area contributed by atoms with Crippen LogP contribution in [0.5, 0.6) is 0 Å². The average Bonchev–Trinajstić information content (AvgIpc) is 2.62. The zero-order valence-electron chi connectivity index (χ0n) is 8.08. The second-order valence-electron chi connectivity index (χ2n) is 4.20. The molecule has 0 aromatic carbocycles. The maximum atomic E-state index is 11.5. The van der Waals surface area contributed by atoms with E-state index in [9.17, 15) is 8.42 Å². The number of aliphatic hydroxyl groups excluding tert-OH is 1. The molecular weight excluding hydrogens is 190 g/mol. The molecule has 1 aliphatic rings. The van der Waals surface area contributed by atoms with E-state index in [-0.39, 0.29) is 11.9 Å². The van der Waals surface area contributed by atoms with Gasteiger partial charge in [-0.3, -0.25) is 0 Å². The smallest absolute Gasteiger partial charge is 0.214 e. The fourth-order valence-corrected chi connectivity index (χ4v) is 2.97. The quantitative estimate of drug-likeness (QED) is 0.678. The van der Waals surface area contributed by atoms with Gasteiger partial charge in [0.15, 0.2) is 0 Å². The number of aliphatic hydroxyl groups is 1. The van der Waals surface area contributed by atoms with Gasteiger partial charge in [0.2, 0.25) is 10.0 Å². The summed E-state index contributed by atoms with van der Waals surface area (Å²) < 4.78 is 25.6. The summed E-state index contributed by atoms with van der Waals surface area (Å²) in [6.45, 7) is 3.56. The Morgan fingerprint density at radius 2 is 2.00 bits per heavy atom. The predicted octanol–water partition coefficient (Wildman–Crippen LogP) is 0.229. The largest absolute Gasteiger partial charge is 0.396 e. The lowest BCUT2D eigenvalue weighted by Gasteiger charge is -2.24. The minimum atomic E-state index is -3.13. The van der Waals surface area contributed by atoms with Gasteiger partial charge < -0.3 is 5.11 Å². The van der Waals surface area contributed by atoms with E-state index >= 15 is 0 Å². The Balaban J connectivity index is 2.55. The van der Waals surface area contributed by atoms with Gasteiger partial charge in [-0.2, -0.15) is 0 Å². The molecule has 0 spiro atoms. The maximum Gasteiger partial charge on any atom is 0.214 e. The van der Waals surface area contributed by atoms with E-state index in [1.165, 1.54) is 0 Å². The number of rotatable bonds is 5. The van der Waals surface area contributed by atoms with Crippen molar-refractivity contribution in [1.29, 1.82) is 0 Å². The second kappa shape index (κ2) is 3.55. The lowest BCUT2D eigenvalue weighted by atomic mass is 10.0. The zero-order valence-corrected chi connectivity index (χ0v) is 8.89. The average molecular weight is 207 g/mol. The summed E-state index contributed by atoms with van der Waals surface area (Å²) in [6.07, 6.45) is 1.98. The van der Waals surface area contributed by atoms with Crippen molar-refractivity contribution in [3.8, 4) is 0 Å². The van der Waals surface area contributed by atoms with Crippen molar-refractivity contribution in [2.45, 2.75) is 43.9 Å². The summed E-state index contributed by atoms with van der Waals surface area (Å²) >= 11 is 0. The molecule has 78 valence electrons. The third-order valence-corrected chi connectivity index (χ3v) is 4.30. The van der Waals surface area contributed by atoms with Crippen LogP contribution in [0.3, 0.4) is 0 Å². The van der Waals surface area contributed by atoms with Crippen molar-refractivity contribution in [2.75, 3.05) is 6.61 Å². The first-order valence-corrected chi connectivity index (χ1v) is 6.06. The first-order valence-electron chi connectivity index (χ1n) is 4.51. The molecule has 0 saturated heterocycles. The van der Waals surface area contributed by atoms with Gasteiger partial charge in [0.05, 0.1) is 5.25 Å². The van der Waals surface area contributed by atoms with Crippen LogP contribution in [0, 0.1) is 0 Å². The Kier molecular flexibility index (Phi) is 2.99. The van der Waals surface area contributed by atoms with Crippen LogP contribution in [0.4, 0.5) is 0 Å². The van der Waals surface area contributed by atoms with Crippen LogP contribution >= 0.6 is 0 Å². The fourth-order valence-electron chi connectivity index (χ4n) is 1.18. The van der Waals surface area contributed by atoms with Crippen LogP contribution in [0.25, 0.3) is 0 Å². The molecule has 1 saturated carbocycles. The molecule has 4 nitrogen and oxygen atoms in total. The highest BCUT2D eigenvalue weighted by molar-refractivity contribution is 7.90. The molecule has 5 heteroatoms. The summed E-state index contributed by atoms with van der Waals surface area (Å²) in [7, 11) is -3.13. The molecular formula is C8H17NO3S. The van der Waals surface area contributed by atoms with Gasteiger partial charge in [-0.1, -0.05) is 0 Å². The minimum Gasteiger partial charge on any atom is -0.396 e. The molecule has 0 bridgehead atoms. The Bertz CT molecular complexity index is 267. The molecule has 0 unspecified atom stereocenters. The standard InChI is InChI=1S/C8H17NO3S/c1-8(2,5-6-10)9-13(11,12)7-3-4-7/h7,9-10H,3-6H2,1-2H3. The van der Waals surface area contributed by atoms with Gasteiger partial charge in [0.25, 0.3) is 0 Å². The molecule has 1 fully saturated rings. The van der Waals surface area contributed by atoms with Crippen LogP contribution in [0.15, 0.2) is 0 Å². The normalized spacial score (nSPS) is 19.0. The van der Waals surface area contributed by atoms with Gasteiger partial charge in [-0.05, 0) is 33.1 Å². The van der Waals surface area contributed by atoms with E-state index in [1.807, 2.05) is 0 Å². The molecule has 2 N–H and O–H groups in total. The van der Waals surface area contributed by atoms with Gasteiger partial charge in [-0.15, -0.1) is 0 Å². The minimum absolute atomic E-state index is 0.000185. The van der Waals surface area contributed by atoms with Crippen LogP contribution < -0.4 is 4.72 Å². The van der Waals surface area contributed by atoms with Crippen LogP contribution in [0.2, 0.25) is 0 Å². The van der Waals surface area contributed by atoms with Crippen LogP contribution in [0.1, 0.15) is 33.1 Å². The topological polar surface area (TPSA) is 66.4 Å². The third kappa shape index (κ3) is 3.25. The fraction of sp³-hybridized carbons (Fsp3) is 1.00. The van der Waals surface area contributed by atoms with E-state index in [0.29, 0.717) is 6.42 Å². The van der Waals surface area contributed by atoms with Gasteiger partial charge in [-0.25, -0.2) is 13.1 Å². The molecule has 13 heavy (non-hydrogen) atoms. The van der Waals surface area contributed by atoms with Crippen LogP contribution in [-0.4, -0.2) is 30.9 Å². The van der Waals surface area contributed by atoms with Crippen LogP contribution in [-0.2, 0) is 10.0 Å². The van der Waals surface area contributed by atoms with E-state index in [2.05, 4.69) is 4.72 Å². The van der Waals surface area contributed by atoms with Crippen molar-refractivity contribution >= 4 is 10.0 Å². The van der Waals surface area contributed by atoms with Crippen molar-refractivity contribution in [1.82, 2.24) is 4.72 Å².